The molecule has 0 heteroatoms. The highest BCUT2D eigenvalue weighted by Gasteiger charge is 1.99. The second-order valence-corrected chi connectivity index (χ2v) is 5.26. The van der Waals surface area contributed by atoms with Gasteiger partial charge in [0.2, 0.25) is 0 Å². The van der Waals surface area contributed by atoms with Gasteiger partial charge in [0.15, 0.2) is 0 Å². The molecule has 0 saturated heterocycles. The van der Waals surface area contributed by atoms with Gasteiger partial charge in [-0.1, -0.05) is 47.8 Å². The Labute approximate surface area is 109 Å². The van der Waals surface area contributed by atoms with Crippen molar-refractivity contribution in [3.8, 4) is 0 Å². The maximum absolute atomic E-state index is 2.45. The van der Waals surface area contributed by atoms with Gasteiger partial charge in [-0.05, 0) is 60.3 Å². The van der Waals surface area contributed by atoms with Crippen molar-refractivity contribution in [1.29, 1.82) is 0 Å². The largest absolute Gasteiger partial charge is 0.0884 e. The summed E-state index contributed by atoms with van der Waals surface area (Å²) in [6.45, 7) is 13.3. The van der Waals surface area contributed by atoms with Crippen LogP contribution >= 0.6 is 0 Å². The molecule has 0 N–H and O–H groups in total. The topological polar surface area (TPSA) is 0 Å². The Hall–Kier alpha value is -0.780. The van der Waals surface area contributed by atoms with Crippen LogP contribution < -0.4 is 0 Å². The first-order chi connectivity index (χ1) is 8.01. The van der Waals surface area contributed by atoms with Crippen LogP contribution in [0.4, 0.5) is 0 Å². The Balaban J connectivity index is 4.56. The van der Waals surface area contributed by atoms with Crippen LogP contribution in [0.15, 0.2) is 34.4 Å². The number of hydrogen-bond acceptors (Lipinski definition) is 0. The minimum atomic E-state index is 1.12. The van der Waals surface area contributed by atoms with Gasteiger partial charge in [0.25, 0.3) is 0 Å². The summed E-state index contributed by atoms with van der Waals surface area (Å²) in [7, 11) is 0. The molecule has 0 aliphatic rings. The van der Waals surface area contributed by atoms with Crippen molar-refractivity contribution < 1.29 is 0 Å². The zero-order valence-corrected chi connectivity index (χ0v) is 12.7. The van der Waals surface area contributed by atoms with Crippen molar-refractivity contribution in [1.82, 2.24) is 0 Å². The number of allylic oxidation sites excluding steroid dienone is 6. The van der Waals surface area contributed by atoms with Crippen LogP contribution in [0.5, 0.6) is 0 Å². The SMILES string of the molecule is CC=C(C)CC(=CCC(C)=C(C)C)CCCC. The van der Waals surface area contributed by atoms with Crippen LogP contribution in [0.2, 0.25) is 0 Å². The number of hydrogen-bond donors (Lipinski definition) is 0. The summed E-state index contributed by atoms with van der Waals surface area (Å²) >= 11 is 0. The van der Waals surface area contributed by atoms with Crippen LogP contribution in [-0.2, 0) is 0 Å². The summed E-state index contributed by atoms with van der Waals surface area (Å²) in [6, 6.07) is 0. The van der Waals surface area contributed by atoms with Crippen molar-refractivity contribution in [2.45, 2.75) is 73.6 Å². The Morgan fingerprint density at radius 2 is 1.71 bits per heavy atom. The molecule has 0 aromatic heterocycles. The summed E-state index contributed by atoms with van der Waals surface area (Å²) in [5.74, 6) is 0. The predicted molar refractivity (Wildman–Crippen MR) is 80.3 cm³/mol. The molecule has 0 fully saturated rings. The van der Waals surface area contributed by atoms with E-state index in [1.807, 2.05) is 0 Å². The molecule has 0 aromatic carbocycles. The number of unbranched alkanes of at least 4 members (excludes halogenated alkanes) is 1. The Bertz CT molecular complexity index is 296. The van der Waals surface area contributed by atoms with E-state index < -0.39 is 0 Å². The fourth-order valence-corrected chi connectivity index (χ4v) is 1.63. The average molecular weight is 234 g/mol. The van der Waals surface area contributed by atoms with E-state index in [0.29, 0.717) is 0 Å². The van der Waals surface area contributed by atoms with Crippen molar-refractivity contribution >= 4 is 0 Å². The summed E-state index contributed by atoms with van der Waals surface area (Å²) in [6.07, 6.45) is 10.8. The molecular weight excluding hydrogens is 204 g/mol. The first-order valence-electron chi connectivity index (χ1n) is 6.93. The van der Waals surface area contributed by atoms with E-state index in [2.05, 4.69) is 53.7 Å². The quantitative estimate of drug-likeness (QED) is 0.460. The molecule has 0 amide bonds. The molecule has 0 nitrogen and oxygen atoms in total. The van der Waals surface area contributed by atoms with Crippen LogP contribution in [0.1, 0.15) is 73.6 Å². The standard InChI is InChI=1S/C17H30/c1-7-9-10-17(13-15(5)8-2)12-11-16(6)14(3)4/h8,12H,7,9-11,13H2,1-6H3. The summed E-state index contributed by atoms with van der Waals surface area (Å²) in [5, 5.41) is 0. The van der Waals surface area contributed by atoms with E-state index in [-0.39, 0.29) is 0 Å². The normalized spacial score (nSPS) is 12.8. The first kappa shape index (κ1) is 16.2. The van der Waals surface area contributed by atoms with Gasteiger partial charge >= 0.3 is 0 Å². The fourth-order valence-electron chi connectivity index (χ4n) is 1.63. The number of rotatable bonds is 7. The first-order valence-corrected chi connectivity index (χ1v) is 6.93. The third-order valence-corrected chi connectivity index (χ3v) is 3.40. The Morgan fingerprint density at radius 1 is 1.06 bits per heavy atom. The second kappa shape index (κ2) is 9.27. The minimum Gasteiger partial charge on any atom is -0.0884 e. The van der Waals surface area contributed by atoms with Crippen LogP contribution in [-0.4, -0.2) is 0 Å². The highest BCUT2D eigenvalue weighted by Crippen LogP contribution is 2.19. The lowest BCUT2D eigenvalue weighted by Gasteiger charge is -2.08. The molecule has 0 aromatic rings. The van der Waals surface area contributed by atoms with Gasteiger partial charge in [0.05, 0.1) is 0 Å². The molecule has 0 rings (SSSR count). The Morgan fingerprint density at radius 3 is 2.18 bits per heavy atom. The summed E-state index contributed by atoms with van der Waals surface area (Å²) < 4.78 is 0. The van der Waals surface area contributed by atoms with Gasteiger partial charge in [-0.15, -0.1) is 0 Å². The Kier molecular flexibility index (Phi) is 8.85. The molecule has 0 atom stereocenters. The van der Waals surface area contributed by atoms with Gasteiger partial charge in [-0.25, -0.2) is 0 Å². The monoisotopic (exact) mass is 234 g/mol. The lowest BCUT2D eigenvalue weighted by molar-refractivity contribution is 0.766. The molecule has 0 saturated carbocycles. The smallest absolute Gasteiger partial charge is 0.0111 e. The predicted octanol–water partition coefficient (Wildman–Crippen LogP) is 6.21. The molecule has 0 radical (unpaired) electrons. The van der Waals surface area contributed by atoms with Crippen LogP contribution in [0.3, 0.4) is 0 Å². The summed E-state index contributed by atoms with van der Waals surface area (Å²) in [5.41, 5.74) is 6.07. The van der Waals surface area contributed by atoms with Gasteiger partial charge in [0, 0.05) is 0 Å². The zero-order chi connectivity index (χ0) is 13.3. The van der Waals surface area contributed by atoms with Gasteiger partial charge in [0.1, 0.15) is 0 Å². The molecule has 0 bridgehead atoms. The highest BCUT2D eigenvalue weighted by atomic mass is 14.1. The maximum Gasteiger partial charge on any atom is -0.0111 e. The van der Waals surface area contributed by atoms with Crippen LogP contribution in [0, 0.1) is 0 Å². The molecule has 0 aliphatic heterocycles. The van der Waals surface area contributed by atoms with E-state index in [9.17, 15) is 0 Å². The van der Waals surface area contributed by atoms with E-state index in [4.69, 9.17) is 0 Å². The molecule has 17 heavy (non-hydrogen) atoms. The molecular formula is C17H30. The maximum atomic E-state index is 2.45. The van der Waals surface area contributed by atoms with Gasteiger partial charge in [-0.3, -0.25) is 0 Å². The van der Waals surface area contributed by atoms with E-state index in [1.54, 1.807) is 5.57 Å². The van der Waals surface area contributed by atoms with Gasteiger partial charge < -0.3 is 0 Å². The lowest BCUT2D eigenvalue weighted by Crippen LogP contribution is -1.88. The third kappa shape index (κ3) is 8.01. The second-order valence-electron chi connectivity index (χ2n) is 5.26. The lowest BCUT2D eigenvalue weighted by atomic mass is 9.98. The van der Waals surface area contributed by atoms with Crippen molar-refractivity contribution in [2.75, 3.05) is 0 Å². The molecule has 0 aliphatic carbocycles. The van der Waals surface area contributed by atoms with Crippen molar-refractivity contribution in [2.24, 2.45) is 0 Å². The molecule has 0 spiro atoms. The van der Waals surface area contributed by atoms with Crippen LogP contribution in [0.25, 0.3) is 0 Å². The summed E-state index contributed by atoms with van der Waals surface area (Å²) in [4.78, 5) is 0. The van der Waals surface area contributed by atoms with Crippen molar-refractivity contribution in [3.63, 3.8) is 0 Å². The fraction of sp³-hybridized carbons (Fsp3) is 0.647. The van der Waals surface area contributed by atoms with Crippen molar-refractivity contribution in [3.05, 3.63) is 34.4 Å². The van der Waals surface area contributed by atoms with Gasteiger partial charge in [-0.2, -0.15) is 0 Å². The third-order valence-electron chi connectivity index (χ3n) is 3.40. The minimum absolute atomic E-state index is 1.12. The van der Waals surface area contributed by atoms with E-state index in [0.717, 1.165) is 12.8 Å². The molecule has 0 unspecified atom stereocenters. The average Bonchev–Trinajstić information content (AvgIpc) is 2.31. The van der Waals surface area contributed by atoms with E-state index >= 15 is 0 Å². The highest BCUT2D eigenvalue weighted by molar-refractivity contribution is 5.18. The van der Waals surface area contributed by atoms with E-state index in [1.165, 1.54) is 36.0 Å². The molecule has 0 heterocycles. The zero-order valence-electron chi connectivity index (χ0n) is 12.7. The molecule has 98 valence electrons.